The van der Waals surface area contributed by atoms with Crippen LogP contribution in [0.4, 0.5) is 14.9 Å². The van der Waals surface area contributed by atoms with Gasteiger partial charge in [-0.15, -0.1) is 0 Å². The van der Waals surface area contributed by atoms with Crippen LogP contribution in [-0.4, -0.2) is 39.6 Å². The number of hydrogen-bond acceptors (Lipinski definition) is 6. The second-order valence-corrected chi connectivity index (χ2v) is 9.60. The van der Waals surface area contributed by atoms with Gasteiger partial charge in [-0.05, 0) is 55.3 Å². The molecule has 2 amide bonds. The van der Waals surface area contributed by atoms with Gasteiger partial charge in [0.2, 0.25) is 0 Å². The van der Waals surface area contributed by atoms with Gasteiger partial charge in [0.1, 0.15) is 28.0 Å². The van der Waals surface area contributed by atoms with Gasteiger partial charge in [-0.25, -0.2) is 9.18 Å². The fraction of sp³-hybridized carbons (Fsp3) is 0.269. The first kappa shape index (κ1) is 26.8. The van der Waals surface area contributed by atoms with Crippen molar-refractivity contribution >= 4 is 21.8 Å². The average molecular weight is 517 g/mol. The topological polar surface area (TPSA) is 94.2 Å². The third-order valence-corrected chi connectivity index (χ3v) is 6.81. The minimum Gasteiger partial charge on any atom is -0.497 e. The Balaban J connectivity index is 1.80. The van der Waals surface area contributed by atoms with Crippen LogP contribution in [0.2, 0.25) is 0 Å². The van der Waals surface area contributed by atoms with E-state index in [-0.39, 0.29) is 29.3 Å². The van der Waals surface area contributed by atoms with Gasteiger partial charge < -0.3 is 23.9 Å². The van der Waals surface area contributed by atoms with Gasteiger partial charge >= 0.3 is 16.1 Å². The lowest BCUT2D eigenvalue weighted by molar-refractivity contribution is 0.187. The van der Waals surface area contributed by atoms with Crippen molar-refractivity contribution in [2.24, 2.45) is 0 Å². The summed E-state index contributed by atoms with van der Waals surface area (Å²) < 4.78 is 54.1. The maximum atomic E-state index is 13.2. The largest absolute Gasteiger partial charge is 0.497 e. The molecule has 0 aromatic heterocycles. The van der Waals surface area contributed by atoms with Crippen LogP contribution in [0.1, 0.15) is 25.8 Å². The molecule has 0 saturated carbocycles. The highest BCUT2D eigenvalue weighted by Crippen LogP contribution is 2.27. The highest BCUT2D eigenvalue weighted by molar-refractivity contribution is 7.87. The third-order valence-electron chi connectivity index (χ3n) is 5.55. The molecule has 3 rings (SSSR count). The smallest absolute Gasteiger partial charge is 0.339 e. The molecule has 192 valence electrons. The Bertz CT molecular complexity index is 1280. The molecular formula is C26H29FN2O6S. The van der Waals surface area contributed by atoms with Crippen molar-refractivity contribution in [3.63, 3.8) is 0 Å². The van der Waals surface area contributed by atoms with E-state index in [4.69, 9.17) is 13.7 Å². The molecule has 0 spiro atoms. The van der Waals surface area contributed by atoms with Crippen molar-refractivity contribution in [1.82, 2.24) is 4.90 Å². The van der Waals surface area contributed by atoms with Crippen LogP contribution < -0.4 is 19.0 Å². The quantitative estimate of drug-likeness (QED) is 0.361. The van der Waals surface area contributed by atoms with E-state index in [1.165, 1.54) is 20.3 Å². The summed E-state index contributed by atoms with van der Waals surface area (Å²) >= 11 is 0. The molecule has 1 unspecified atom stereocenters. The summed E-state index contributed by atoms with van der Waals surface area (Å²) in [7, 11) is -1.10. The van der Waals surface area contributed by atoms with Crippen LogP contribution in [0.5, 0.6) is 17.2 Å². The van der Waals surface area contributed by atoms with E-state index in [2.05, 4.69) is 5.32 Å². The summed E-state index contributed by atoms with van der Waals surface area (Å²) in [4.78, 5) is 14.7. The van der Waals surface area contributed by atoms with E-state index in [0.29, 0.717) is 29.2 Å². The first-order chi connectivity index (χ1) is 17.1. The van der Waals surface area contributed by atoms with Crippen molar-refractivity contribution in [2.45, 2.75) is 37.8 Å². The van der Waals surface area contributed by atoms with Crippen molar-refractivity contribution in [3.8, 4) is 17.2 Å². The van der Waals surface area contributed by atoms with Gasteiger partial charge in [-0.3, -0.25) is 0 Å². The first-order valence-electron chi connectivity index (χ1n) is 11.2. The van der Waals surface area contributed by atoms with Gasteiger partial charge in [-0.1, -0.05) is 19.1 Å². The van der Waals surface area contributed by atoms with Crippen LogP contribution in [0.3, 0.4) is 0 Å². The Morgan fingerprint density at radius 3 is 2.19 bits per heavy atom. The summed E-state index contributed by atoms with van der Waals surface area (Å²) in [6.45, 7) is 4.09. The van der Waals surface area contributed by atoms with E-state index in [1.807, 2.05) is 13.8 Å². The van der Waals surface area contributed by atoms with Crippen LogP contribution >= 0.6 is 0 Å². The Morgan fingerprint density at radius 1 is 0.972 bits per heavy atom. The molecular weight excluding hydrogens is 487 g/mol. The number of anilines is 1. The van der Waals surface area contributed by atoms with Gasteiger partial charge in [0.15, 0.2) is 0 Å². The van der Waals surface area contributed by atoms with Crippen LogP contribution in [0, 0.1) is 5.82 Å². The lowest BCUT2D eigenvalue weighted by Crippen LogP contribution is -2.40. The molecule has 0 bridgehead atoms. The molecule has 1 atom stereocenters. The minimum absolute atomic E-state index is 0.0823. The highest BCUT2D eigenvalue weighted by Gasteiger charge is 2.21. The zero-order valence-electron chi connectivity index (χ0n) is 20.5. The molecule has 8 nitrogen and oxygen atoms in total. The molecule has 0 aliphatic rings. The molecule has 1 N–H and O–H groups in total. The molecule has 0 aliphatic heterocycles. The molecule has 3 aromatic carbocycles. The summed E-state index contributed by atoms with van der Waals surface area (Å²) in [6.07, 6.45) is 0.698. The number of carbonyl (C=O) groups is 1. The van der Waals surface area contributed by atoms with E-state index < -0.39 is 15.9 Å². The maximum absolute atomic E-state index is 13.2. The summed E-state index contributed by atoms with van der Waals surface area (Å²) in [6, 6.07) is 15.4. The van der Waals surface area contributed by atoms with Crippen molar-refractivity contribution < 1.29 is 31.3 Å². The Labute approximate surface area is 210 Å². The van der Waals surface area contributed by atoms with Gasteiger partial charge in [0.05, 0.1) is 14.2 Å². The normalized spacial score (nSPS) is 11.9. The summed E-state index contributed by atoms with van der Waals surface area (Å²) in [5, 5.41) is 2.88. The van der Waals surface area contributed by atoms with E-state index in [1.54, 1.807) is 41.3 Å². The molecule has 10 heteroatoms. The molecule has 0 heterocycles. The number of nitrogens with zero attached hydrogens (tertiary/aromatic N) is 1. The second-order valence-electron chi connectivity index (χ2n) is 8.06. The Kier molecular flexibility index (Phi) is 8.76. The maximum Gasteiger partial charge on any atom is 0.339 e. The van der Waals surface area contributed by atoms with E-state index in [9.17, 15) is 17.6 Å². The first-order valence-corrected chi connectivity index (χ1v) is 12.7. The Hall–Kier alpha value is -3.79. The van der Waals surface area contributed by atoms with Crippen molar-refractivity contribution in [2.75, 3.05) is 19.5 Å². The minimum atomic E-state index is -4.15. The zero-order chi connectivity index (χ0) is 26.3. The van der Waals surface area contributed by atoms with Gasteiger partial charge in [-0.2, -0.15) is 8.42 Å². The fourth-order valence-corrected chi connectivity index (χ4v) is 4.31. The Morgan fingerprint density at radius 2 is 1.61 bits per heavy atom. The monoisotopic (exact) mass is 516 g/mol. The number of rotatable bonds is 10. The fourth-order valence-electron chi connectivity index (χ4n) is 3.39. The van der Waals surface area contributed by atoms with E-state index >= 15 is 0 Å². The highest BCUT2D eigenvalue weighted by atomic mass is 32.2. The SMILES string of the molecule is CCC(C)N(Cc1cccc(OS(=O)(=O)c2ccc(F)cc2)c1)C(=O)Nc1cc(OC)cc(OC)c1. The number of methoxy groups -OCH3 is 2. The summed E-state index contributed by atoms with van der Waals surface area (Å²) in [5.41, 5.74) is 1.17. The standard InChI is InChI=1S/C26H29FN2O6S/c1-5-18(2)29(26(30)28-21-14-23(33-3)16-24(15-21)34-4)17-19-7-6-8-22(13-19)35-36(31,32)25-11-9-20(27)10-12-25/h6-16,18H,5,17H2,1-4H3,(H,28,30). The predicted molar refractivity (Wildman–Crippen MR) is 135 cm³/mol. The number of halogens is 1. The molecule has 3 aromatic rings. The van der Waals surface area contributed by atoms with E-state index in [0.717, 1.165) is 24.3 Å². The molecule has 0 aliphatic carbocycles. The molecule has 0 fully saturated rings. The number of nitrogens with one attached hydrogen (secondary N) is 1. The molecule has 0 saturated heterocycles. The van der Waals surface area contributed by atoms with Crippen molar-refractivity contribution in [3.05, 3.63) is 78.1 Å². The second kappa shape index (κ2) is 11.8. The van der Waals surface area contributed by atoms with Crippen molar-refractivity contribution in [1.29, 1.82) is 0 Å². The number of ether oxygens (including phenoxy) is 2. The molecule has 36 heavy (non-hydrogen) atoms. The zero-order valence-corrected chi connectivity index (χ0v) is 21.3. The lowest BCUT2D eigenvalue weighted by Gasteiger charge is -2.29. The lowest BCUT2D eigenvalue weighted by atomic mass is 10.1. The molecule has 0 radical (unpaired) electrons. The average Bonchev–Trinajstić information content (AvgIpc) is 2.86. The van der Waals surface area contributed by atoms with Gasteiger partial charge in [0, 0.05) is 36.5 Å². The number of amides is 2. The summed E-state index contributed by atoms with van der Waals surface area (Å²) in [5.74, 6) is 0.601. The van der Waals surface area contributed by atoms with Crippen LogP contribution in [0.15, 0.2) is 71.6 Å². The number of benzene rings is 3. The number of hydrogen-bond donors (Lipinski definition) is 1. The third kappa shape index (κ3) is 6.88. The van der Waals surface area contributed by atoms with Crippen LogP contribution in [0.25, 0.3) is 0 Å². The number of carbonyl (C=O) groups excluding carboxylic acids is 1. The van der Waals surface area contributed by atoms with Gasteiger partial charge in [0.25, 0.3) is 0 Å². The van der Waals surface area contributed by atoms with Crippen LogP contribution in [-0.2, 0) is 16.7 Å². The number of urea groups is 1. The predicted octanol–water partition coefficient (Wildman–Crippen LogP) is 5.44.